The lowest BCUT2D eigenvalue weighted by molar-refractivity contribution is 0.149. The van der Waals surface area contributed by atoms with E-state index >= 15 is 0 Å². The van der Waals surface area contributed by atoms with E-state index in [0.717, 1.165) is 13.1 Å². The molecule has 0 bridgehead atoms. The summed E-state index contributed by atoms with van der Waals surface area (Å²) in [7, 11) is 0. The standard InChI is InChI=1S/C14H21NO/c1-3-8-15-11-13-6-5-7-14(10-13)12-16-9-4-2/h4-7,10,15H,2-3,8-9,11-12H2,1H3. The highest BCUT2D eigenvalue weighted by Gasteiger charge is 1.95. The van der Waals surface area contributed by atoms with Crippen LogP contribution in [0.5, 0.6) is 0 Å². The minimum atomic E-state index is 0.609. The summed E-state index contributed by atoms with van der Waals surface area (Å²) < 4.78 is 5.41. The van der Waals surface area contributed by atoms with Crippen molar-refractivity contribution in [3.63, 3.8) is 0 Å². The van der Waals surface area contributed by atoms with Gasteiger partial charge in [0.05, 0.1) is 13.2 Å². The molecule has 0 aliphatic carbocycles. The molecule has 0 radical (unpaired) electrons. The molecule has 0 amide bonds. The molecule has 1 rings (SSSR count). The van der Waals surface area contributed by atoms with Crippen LogP contribution in [0.25, 0.3) is 0 Å². The lowest BCUT2D eigenvalue weighted by atomic mass is 10.1. The maximum atomic E-state index is 5.41. The number of ether oxygens (including phenoxy) is 1. The lowest BCUT2D eigenvalue weighted by Gasteiger charge is -2.06. The predicted molar refractivity (Wildman–Crippen MR) is 68.3 cm³/mol. The molecule has 0 spiro atoms. The fourth-order valence-electron chi connectivity index (χ4n) is 1.50. The van der Waals surface area contributed by atoms with Crippen molar-refractivity contribution < 1.29 is 4.74 Å². The van der Waals surface area contributed by atoms with Gasteiger partial charge in [0, 0.05) is 6.54 Å². The van der Waals surface area contributed by atoms with Gasteiger partial charge >= 0.3 is 0 Å². The Hall–Kier alpha value is -1.12. The first kappa shape index (κ1) is 12.9. The Morgan fingerprint density at radius 1 is 1.38 bits per heavy atom. The van der Waals surface area contributed by atoms with Crippen LogP contribution >= 0.6 is 0 Å². The Balaban J connectivity index is 2.40. The van der Waals surface area contributed by atoms with E-state index in [2.05, 4.69) is 43.1 Å². The molecule has 2 heteroatoms. The van der Waals surface area contributed by atoms with E-state index in [0.29, 0.717) is 13.2 Å². The zero-order valence-electron chi connectivity index (χ0n) is 10.0. The molecular weight excluding hydrogens is 198 g/mol. The molecule has 0 fully saturated rings. The molecule has 88 valence electrons. The number of rotatable bonds is 8. The first-order valence-electron chi connectivity index (χ1n) is 5.84. The first-order valence-corrected chi connectivity index (χ1v) is 5.84. The van der Waals surface area contributed by atoms with Crippen LogP contribution in [0.4, 0.5) is 0 Å². The van der Waals surface area contributed by atoms with Gasteiger partial charge in [-0.1, -0.05) is 37.3 Å². The van der Waals surface area contributed by atoms with Gasteiger partial charge < -0.3 is 10.1 Å². The van der Waals surface area contributed by atoms with E-state index in [9.17, 15) is 0 Å². The number of nitrogens with one attached hydrogen (secondary N) is 1. The van der Waals surface area contributed by atoms with Gasteiger partial charge in [0.1, 0.15) is 0 Å². The monoisotopic (exact) mass is 219 g/mol. The summed E-state index contributed by atoms with van der Waals surface area (Å²) in [5.74, 6) is 0. The smallest absolute Gasteiger partial charge is 0.0721 e. The Kier molecular flexibility index (Phi) is 6.54. The number of hydrogen-bond acceptors (Lipinski definition) is 2. The SMILES string of the molecule is C=CCOCc1cccc(CNCCC)c1. The van der Waals surface area contributed by atoms with Gasteiger partial charge in [0.15, 0.2) is 0 Å². The van der Waals surface area contributed by atoms with Crippen molar-refractivity contribution >= 4 is 0 Å². The van der Waals surface area contributed by atoms with Crippen molar-refractivity contribution in [3.8, 4) is 0 Å². The molecule has 0 unspecified atom stereocenters. The maximum absolute atomic E-state index is 5.41. The highest BCUT2D eigenvalue weighted by Crippen LogP contribution is 2.06. The normalized spacial score (nSPS) is 10.3. The first-order chi connectivity index (χ1) is 7.86. The van der Waals surface area contributed by atoms with Crippen LogP contribution in [0.1, 0.15) is 24.5 Å². The Morgan fingerprint density at radius 2 is 2.19 bits per heavy atom. The van der Waals surface area contributed by atoms with Gasteiger partial charge in [-0.2, -0.15) is 0 Å². The van der Waals surface area contributed by atoms with Crippen LogP contribution in [0, 0.1) is 0 Å². The van der Waals surface area contributed by atoms with E-state index in [1.807, 2.05) is 0 Å². The third-order valence-electron chi connectivity index (χ3n) is 2.25. The minimum absolute atomic E-state index is 0.609. The highest BCUT2D eigenvalue weighted by atomic mass is 16.5. The Labute approximate surface area is 98.3 Å². The van der Waals surface area contributed by atoms with Gasteiger partial charge in [-0.3, -0.25) is 0 Å². The average molecular weight is 219 g/mol. The summed E-state index contributed by atoms with van der Waals surface area (Å²) in [4.78, 5) is 0. The molecule has 0 aliphatic rings. The quantitative estimate of drug-likeness (QED) is 0.536. The summed E-state index contributed by atoms with van der Waals surface area (Å²) >= 11 is 0. The third-order valence-corrected chi connectivity index (χ3v) is 2.25. The van der Waals surface area contributed by atoms with E-state index < -0.39 is 0 Å². The average Bonchev–Trinajstić information content (AvgIpc) is 2.30. The predicted octanol–water partition coefficient (Wildman–Crippen LogP) is 2.89. The lowest BCUT2D eigenvalue weighted by Crippen LogP contribution is -2.13. The number of hydrogen-bond donors (Lipinski definition) is 1. The molecule has 1 aromatic rings. The second-order valence-electron chi connectivity index (χ2n) is 3.80. The fraction of sp³-hybridized carbons (Fsp3) is 0.429. The van der Waals surface area contributed by atoms with Gasteiger partial charge in [-0.25, -0.2) is 0 Å². The van der Waals surface area contributed by atoms with E-state index in [1.54, 1.807) is 6.08 Å². The second-order valence-corrected chi connectivity index (χ2v) is 3.80. The zero-order valence-corrected chi connectivity index (χ0v) is 10.0. The molecule has 0 heterocycles. The van der Waals surface area contributed by atoms with Crippen LogP contribution in [-0.4, -0.2) is 13.2 Å². The number of benzene rings is 1. The largest absolute Gasteiger partial charge is 0.373 e. The summed E-state index contributed by atoms with van der Waals surface area (Å²) in [6.07, 6.45) is 2.94. The van der Waals surface area contributed by atoms with Crippen LogP contribution in [0.15, 0.2) is 36.9 Å². The van der Waals surface area contributed by atoms with Crippen LogP contribution in [0.2, 0.25) is 0 Å². The van der Waals surface area contributed by atoms with Crippen molar-refractivity contribution in [1.82, 2.24) is 5.32 Å². The van der Waals surface area contributed by atoms with Crippen molar-refractivity contribution in [2.75, 3.05) is 13.2 Å². The van der Waals surface area contributed by atoms with Crippen molar-refractivity contribution in [3.05, 3.63) is 48.0 Å². The molecule has 0 atom stereocenters. The molecule has 0 aliphatic heterocycles. The van der Waals surface area contributed by atoms with E-state index in [-0.39, 0.29) is 0 Å². The van der Waals surface area contributed by atoms with Gasteiger partial charge in [-0.05, 0) is 24.1 Å². The van der Waals surface area contributed by atoms with Crippen LogP contribution in [0.3, 0.4) is 0 Å². The molecule has 0 aromatic heterocycles. The topological polar surface area (TPSA) is 21.3 Å². The molecule has 1 N–H and O–H groups in total. The van der Waals surface area contributed by atoms with Gasteiger partial charge in [0.2, 0.25) is 0 Å². The zero-order chi connectivity index (χ0) is 11.6. The fourth-order valence-corrected chi connectivity index (χ4v) is 1.50. The Bertz CT molecular complexity index is 309. The Morgan fingerprint density at radius 3 is 2.94 bits per heavy atom. The van der Waals surface area contributed by atoms with E-state index in [1.165, 1.54) is 17.5 Å². The van der Waals surface area contributed by atoms with Gasteiger partial charge in [0.25, 0.3) is 0 Å². The van der Waals surface area contributed by atoms with Crippen molar-refractivity contribution in [2.45, 2.75) is 26.5 Å². The molecule has 2 nitrogen and oxygen atoms in total. The second kappa shape index (κ2) is 8.08. The minimum Gasteiger partial charge on any atom is -0.373 e. The molecule has 16 heavy (non-hydrogen) atoms. The van der Waals surface area contributed by atoms with Crippen molar-refractivity contribution in [2.24, 2.45) is 0 Å². The van der Waals surface area contributed by atoms with Crippen LogP contribution < -0.4 is 5.32 Å². The molecule has 1 aromatic carbocycles. The maximum Gasteiger partial charge on any atom is 0.0721 e. The summed E-state index contributed by atoms with van der Waals surface area (Å²) in [6, 6.07) is 8.49. The van der Waals surface area contributed by atoms with Crippen LogP contribution in [-0.2, 0) is 17.9 Å². The molecule has 0 saturated heterocycles. The van der Waals surface area contributed by atoms with Crippen molar-refractivity contribution in [1.29, 1.82) is 0 Å². The van der Waals surface area contributed by atoms with E-state index in [4.69, 9.17) is 4.74 Å². The summed E-state index contributed by atoms with van der Waals surface area (Å²) in [6.45, 7) is 9.07. The summed E-state index contributed by atoms with van der Waals surface area (Å²) in [5, 5.41) is 3.39. The molecular formula is C14H21NO. The third kappa shape index (κ3) is 5.10. The van der Waals surface area contributed by atoms with Gasteiger partial charge in [-0.15, -0.1) is 6.58 Å². The highest BCUT2D eigenvalue weighted by molar-refractivity contribution is 5.22. The molecule has 0 saturated carbocycles. The summed E-state index contributed by atoms with van der Waals surface area (Å²) in [5.41, 5.74) is 2.53.